The van der Waals surface area contributed by atoms with Crippen molar-refractivity contribution < 1.29 is 9.66 Å². The lowest BCUT2D eigenvalue weighted by Crippen LogP contribution is -2.17. The second kappa shape index (κ2) is 4.83. The van der Waals surface area contributed by atoms with E-state index in [1.54, 1.807) is 0 Å². The first-order valence-electron chi connectivity index (χ1n) is 5.15. The average molecular weight is 234 g/mol. The summed E-state index contributed by atoms with van der Waals surface area (Å²) < 4.78 is 5.48. The first-order chi connectivity index (χ1) is 7.83. The highest BCUT2D eigenvalue weighted by Gasteiger charge is 2.15. The smallest absolute Gasteiger partial charge is 0.271 e. The normalized spacial score (nSPS) is 10.7. The van der Waals surface area contributed by atoms with E-state index in [9.17, 15) is 10.1 Å². The third kappa shape index (κ3) is 3.76. The van der Waals surface area contributed by atoms with E-state index in [1.807, 2.05) is 26.8 Å². The van der Waals surface area contributed by atoms with Gasteiger partial charge in [0.05, 0.1) is 11.5 Å². The minimum Gasteiger partial charge on any atom is -0.492 e. The fourth-order valence-electron chi connectivity index (χ4n) is 1.14. The highest BCUT2D eigenvalue weighted by atomic mass is 16.6. The number of benzene rings is 1. The Balaban J connectivity index is 2.95. The molecule has 5 heteroatoms. The molecule has 0 N–H and O–H groups in total. The molecule has 0 aliphatic rings. The summed E-state index contributed by atoms with van der Waals surface area (Å²) in [6, 6.07) is 5.91. The molecule has 1 rings (SSSR count). The van der Waals surface area contributed by atoms with E-state index in [0.29, 0.717) is 12.4 Å². The van der Waals surface area contributed by atoms with Crippen LogP contribution in [0.5, 0.6) is 5.75 Å². The van der Waals surface area contributed by atoms with E-state index in [2.05, 4.69) is 0 Å². The van der Waals surface area contributed by atoms with Gasteiger partial charge in [0.25, 0.3) is 5.69 Å². The molecular weight excluding hydrogens is 220 g/mol. The molecule has 17 heavy (non-hydrogen) atoms. The quantitative estimate of drug-likeness (QED) is 0.595. The second-order valence-electron chi connectivity index (χ2n) is 4.90. The minimum absolute atomic E-state index is 0.0332. The summed E-state index contributed by atoms with van der Waals surface area (Å²) in [6.07, 6.45) is 0. The molecule has 0 amide bonds. The number of nitrogens with zero attached hydrogens (tertiary/aromatic N) is 2. The molecule has 0 spiro atoms. The Labute approximate surface area is 99.8 Å². The van der Waals surface area contributed by atoms with Gasteiger partial charge in [-0.05, 0) is 11.5 Å². The molecule has 0 aromatic heterocycles. The summed E-state index contributed by atoms with van der Waals surface area (Å²) in [5.74, 6) is 0.382. The number of non-ortho nitro benzene ring substituents is 1. The van der Waals surface area contributed by atoms with Gasteiger partial charge in [-0.1, -0.05) is 20.8 Å². The van der Waals surface area contributed by atoms with Crippen molar-refractivity contribution in [3.8, 4) is 11.8 Å². The van der Waals surface area contributed by atoms with Gasteiger partial charge in [0, 0.05) is 12.1 Å². The third-order valence-electron chi connectivity index (χ3n) is 1.96. The first-order valence-corrected chi connectivity index (χ1v) is 5.15. The number of hydrogen-bond donors (Lipinski definition) is 0. The summed E-state index contributed by atoms with van der Waals surface area (Å²) in [7, 11) is 0. The second-order valence-corrected chi connectivity index (χ2v) is 4.90. The zero-order chi connectivity index (χ0) is 13.1. The molecule has 0 atom stereocenters. The van der Waals surface area contributed by atoms with Gasteiger partial charge in [-0.2, -0.15) is 5.26 Å². The lowest BCUT2D eigenvalue weighted by atomic mass is 9.98. The van der Waals surface area contributed by atoms with E-state index in [-0.39, 0.29) is 16.7 Å². The molecule has 0 aliphatic carbocycles. The topological polar surface area (TPSA) is 76.2 Å². The zero-order valence-electron chi connectivity index (χ0n) is 10.1. The number of nitro benzene ring substituents is 1. The molecule has 0 saturated heterocycles. The molecule has 0 aliphatic heterocycles. The molecule has 0 unspecified atom stereocenters. The lowest BCUT2D eigenvalue weighted by molar-refractivity contribution is -0.384. The van der Waals surface area contributed by atoms with Crippen LogP contribution in [-0.2, 0) is 0 Å². The van der Waals surface area contributed by atoms with Gasteiger partial charge in [-0.3, -0.25) is 10.1 Å². The predicted octanol–water partition coefficient (Wildman–Crippen LogP) is 2.89. The summed E-state index contributed by atoms with van der Waals surface area (Å²) in [4.78, 5) is 10.0. The molecule has 1 aromatic rings. The van der Waals surface area contributed by atoms with Crippen LogP contribution < -0.4 is 4.74 Å². The van der Waals surface area contributed by atoms with Crippen LogP contribution in [0.2, 0.25) is 0 Å². The predicted molar refractivity (Wildman–Crippen MR) is 62.8 cm³/mol. The number of ether oxygens (including phenoxy) is 1. The summed E-state index contributed by atoms with van der Waals surface area (Å²) >= 11 is 0. The van der Waals surface area contributed by atoms with Crippen LogP contribution in [0.25, 0.3) is 0 Å². The third-order valence-corrected chi connectivity index (χ3v) is 1.96. The molecule has 90 valence electrons. The van der Waals surface area contributed by atoms with E-state index in [4.69, 9.17) is 10.00 Å². The van der Waals surface area contributed by atoms with E-state index < -0.39 is 4.92 Å². The Kier molecular flexibility index (Phi) is 3.69. The lowest BCUT2D eigenvalue weighted by Gasteiger charge is -2.19. The fourth-order valence-corrected chi connectivity index (χ4v) is 1.14. The van der Waals surface area contributed by atoms with Crippen LogP contribution in [0.15, 0.2) is 18.2 Å². The van der Waals surface area contributed by atoms with Gasteiger partial charge < -0.3 is 4.74 Å². The largest absolute Gasteiger partial charge is 0.492 e. The Morgan fingerprint density at radius 1 is 1.47 bits per heavy atom. The van der Waals surface area contributed by atoms with Crippen molar-refractivity contribution in [3.05, 3.63) is 33.9 Å². The molecule has 5 nitrogen and oxygen atoms in total. The minimum atomic E-state index is -0.533. The maximum Gasteiger partial charge on any atom is 0.271 e. The van der Waals surface area contributed by atoms with Gasteiger partial charge in [-0.15, -0.1) is 0 Å². The standard InChI is InChI=1S/C12H14N2O3/c1-12(2,3)8-17-11-5-4-10(14(15)16)6-9(11)7-13/h4-6H,8H2,1-3H3. The van der Waals surface area contributed by atoms with E-state index >= 15 is 0 Å². The van der Waals surface area contributed by atoms with Crippen molar-refractivity contribution in [2.24, 2.45) is 5.41 Å². The maximum absolute atomic E-state index is 10.6. The van der Waals surface area contributed by atoms with Gasteiger partial charge >= 0.3 is 0 Å². The van der Waals surface area contributed by atoms with Gasteiger partial charge in [0.1, 0.15) is 17.4 Å². The average Bonchev–Trinajstić information content (AvgIpc) is 2.24. The SMILES string of the molecule is CC(C)(C)COc1ccc([N+](=O)[O-])cc1C#N. The number of nitro groups is 1. The van der Waals surface area contributed by atoms with Crippen LogP contribution in [0.3, 0.4) is 0 Å². The van der Waals surface area contributed by atoms with Crippen molar-refractivity contribution in [2.75, 3.05) is 6.61 Å². The summed E-state index contributed by atoms with van der Waals surface area (Å²) in [5, 5.41) is 19.5. The zero-order valence-corrected chi connectivity index (χ0v) is 10.1. The Hall–Kier alpha value is -2.09. The Morgan fingerprint density at radius 2 is 2.12 bits per heavy atom. The first kappa shape index (κ1) is 13.0. The highest BCUT2D eigenvalue weighted by Crippen LogP contribution is 2.25. The van der Waals surface area contributed by atoms with Crippen molar-refractivity contribution in [1.82, 2.24) is 0 Å². The fraction of sp³-hybridized carbons (Fsp3) is 0.417. The Morgan fingerprint density at radius 3 is 2.59 bits per heavy atom. The molecule has 0 heterocycles. The van der Waals surface area contributed by atoms with Gasteiger partial charge in [0.15, 0.2) is 0 Å². The van der Waals surface area contributed by atoms with Crippen LogP contribution in [-0.4, -0.2) is 11.5 Å². The number of nitriles is 1. The van der Waals surface area contributed by atoms with Gasteiger partial charge in [0.2, 0.25) is 0 Å². The summed E-state index contributed by atoms with van der Waals surface area (Å²) in [5.41, 5.74) is 0.0437. The molecule has 1 aromatic carbocycles. The van der Waals surface area contributed by atoms with Crippen LogP contribution in [0, 0.1) is 26.9 Å². The van der Waals surface area contributed by atoms with E-state index in [1.165, 1.54) is 18.2 Å². The number of rotatable bonds is 3. The van der Waals surface area contributed by atoms with E-state index in [0.717, 1.165) is 0 Å². The van der Waals surface area contributed by atoms with Gasteiger partial charge in [-0.25, -0.2) is 0 Å². The van der Waals surface area contributed by atoms with Crippen molar-refractivity contribution in [3.63, 3.8) is 0 Å². The number of hydrogen-bond acceptors (Lipinski definition) is 4. The van der Waals surface area contributed by atoms with Crippen molar-refractivity contribution in [1.29, 1.82) is 5.26 Å². The maximum atomic E-state index is 10.6. The Bertz CT molecular complexity index is 470. The van der Waals surface area contributed by atoms with Crippen LogP contribution in [0.4, 0.5) is 5.69 Å². The molecule has 0 saturated carbocycles. The molecule has 0 radical (unpaired) electrons. The highest BCUT2D eigenvalue weighted by molar-refractivity contribution is 5.50. The molecule has 0 bridgehead atoms. The molecular formula is C12H14N2O3. The van der Waals surface area contributed by atoms with Crippen LogP contribution in [0.1, 0.15) is 26.3 Å². The molecule has 0 fully saturated rings. The summed E-state index contributed by atoms with van der Waals surface area (Å²) in [6.45, 7) is 6.46. The van der Waals surface area contributed by atoms with Crippen molar-refractivity contribution >= 4 is 5.69 Å². The van der Waals surface area contributed by atoms with Crippen LogP contribution >= 0.6 is 0 Å². The van der Waals surface area contributed by atoms with Crippen molar-refractivity contribution in [2.45, 2.75) is 20.8 Å². The monoisotopic (exact) mass is 234 g/mol.